The largest absolute Gasteiger partial charge is 0.356 e. The van der Waals surface area contributed by atoms with Crippen LogP contribution in [0.2, 0.25) is 15.1 Å². The number of hydrogen-bond acceptors (Lipinski definition) is 3. The number of carbonyl (C=O) groups excluding carboxylic acids is 1. The maximum atomic E-state index is 13.4. The van der Waals surface area contributed by atoms with Crippen molar-refractivity contribution in [3.05, 3.63) is 61.0 Å². The maximum Gasteiger partial charge on any atom is 0.256 e. The summed E-state index contributed by atoms with van der Waals surface area (Å²) in [7, 11) is 0. The van der Waals surface area contributed by atoms with E-state index in [9.17, 15) is 4.79 Å². The molecule has 1 aliphatic rings. The van der Waals surface area contributed by atoms with Crippen LogP contribution >= 0.6 is 50.7 Å². The molecule has 1 N–H and O–H groups in total. The molecule has 1 amide bonds. The Balaban J connectivity index is 1.83. The molecule has 1 aromatic heterocycles. The molecule has 0 spiro atoms. The van der Waals surface area contributed by atoms with Gasteiger partial charge in [-0.25, -0.2) is 4.98 Å². The van der Waals surface area contributed by atoms with Crippen LogP contribution in [0.3, 0.4) is 0 Å². The van der Waals surface area contributed by atoms with Crippen molar-refractivity contribution in [3.63, 3.8) is 0 Å². The van der Waals surface area contributed by atoms with Crippen LogP contribution in [-0.2, 0) is 0 Å². The zero-order chi connectivity index (χ0) is 21.4. The van der Waals surface area contributed by atoms with Gasteiger partial charge in [-0.2, -0.15) is 0 Å². The second-order valence-electron chi connectivity index (χ2n) is 7.34. The molecule has 8 heteroatoms. The minimum absolute atomic E-state index is 0.267. The van der Waals surface area contributed by atoms with Gasteiger partial charge in [-0.05, 0) is 56.5 Å². The molecule has 0 aliphatic carbocycles. The summed E-state index contributed by atoms with van der Waals surface area (Å²) in [4.78, 5) is 20.6. The van der Waals surface area contributed by atoms with Crippen LogP contribution < -0.4 is 10.2 Å². The molecule has 0 bridgehead atoms. The van der Waals surface area contributed by atoms with Gasteiger partial charge in [-0.1, -0.05) is 50.7 Å². The lowest BCUT2D eigenvalue weighted by Gasteiger charge is -2.30. The fraction of sp³-hybridized carbons (Fsp3) is 0.273. The molecular formula is C22H19BrCl3N3O. The first-order valence-corrected chi connectivity index (χ1v) is 11.6. The van der Waals surface area contributed by atoms with Crippen molar-refractivity contribution in [1.29, 1.82) is 0 Å². The number of hydrogen-bond donors (Lipinski definition) is 1. The molecular weight excluding hydrogens is 509 g/mol. The molecule has 2 aromatic carbocycles. The van der Waals surface area contributed by atoms with E-state index in [0.717, 1.165) is 52.7 Å². The average Bonchev–Trinajstić information content (AvgIpc) is 2.72. The van der Waals surface area contributed by atoms with Crippen LogP contribution in [-0.4, -0.2) is 24.0 Å². The third-order valence-corrected chi connectivity index (χ3v) is 6.83. The Morgan fingerprint density at radius 1 is 1.03 bits per heavy atom. The summed E-state index contributed by atoms with van der Waals surface area (Å²) in [6.45, 7) is 3.83. The number of aromatic nitrogens is 1. The Kier molecular flexibility index (Phi) is 6.44. The van der Waals surface area contributed by atoms with Crippen molar-refractivity contribution in [3.8, 4) is 0 Å². The maximum absolute atomic E-state index is 13.4. The molecule has 0 saturated carbocycles. The van der Waals surface area contributed by atoms with Gasteiger partial charge in [0.15, 0.2) is 0 Å². The minimum atomic E-state index is -0.267. The number of halogens is 4. The monoisotopic (exact) mass is 525 g/mol. The highest BCUT2D eigenvalue weighted by molar-refractivity contribution is 9.10. The van der Waals surface area contributed by atoms with E-state index in [4.69, 9.17) is 39.8 Å². The van der Waals surface area contributed by atoms with E-state index in [2.05, 4.69) is 26.1 Å². The summed E-state index contributed by atoms with van der Waals surface area (Å²) in [5.41, 5.74) is 2.60. The number of fused-ring (bicyclic) bond motifs is 1. The summed E-state index contributed by atoms with van der Waals surface area (Å²) in [6.07, 6.45) is 3.47. The van der Waals surface area contributed by atoms with E-state index in [-0.39, 0.29) is 5.91 Å². The molecule has 2 heterocycles. The van der Waals surface area contributed by atoms with Gasteiger partial charge in [0.05, 0.1) is 31.8 Å². The molecule has 0 atom stereocenters. The lowest BCUT2D eigenvalue weighted by Crippen LogP contribution is -2.31. The number of anilines is 2. The lowest BCUT2D eigenvalue weighted by atomic mass is 10.0. The normalized spacial score (nSPS) is 14.2. The Bertz CT molecular complexity index is 1150. The Morgan fingerprint density at radius 3 is 2.47 bits per heavy atom. The number of nitrogens with zero attached hydrogens (tertiary/aromatic N) is 2. The van der Waals surface area contributed by atoms with Gasteiger partial charge in [-0.15, -0.1) is 0 Å². The molecule has 156 valence electrons. The number of pyridine rings is 1. The van der Waals surface area contributed by atoms with Gasteiger partial charge in [-0.3, -0.25) is 4.79 Å². The van der Waals surface area contributed by atoms with Gasteiger partial charge in [0.1, 0.15) is 5.82 Å². The van der Waals surface area contributed by atoms with Gasteiger partial charge in [0.2, 0.25) is 0 Å². The van der Waals surface area contributed by atoms with Crippen molar-refractivity contribution in [1.82, 2.24) is 4.98 Å². The number of benzene rings is 2. The van der Waals surface area contributed by atoms with Crippen LogP contribution in [0.4, 0.5) is 11.5 Å². The van der Waals surface area contributed by atoms with Crippen molar-refractivity contribution < 1.29 is 4.79 Å². The SMILES string of the molecule is Cc1c(N2CCCCC2)nc2ccc(Br)cc2c1C(=O)Nc1cc(Cl)c(Cl)cc1Cl. The van der Waals surface area contributed by atoms with Gasteiger partial charge < -0.3 is 10.2 Å². The fourth-order valence-electron chi connectivity index (χ4n) is 3.83. The van der Waals surface area contributed by atoms with E-state index in [0.29, 0.717) is 26.3 Å². The van der Waals surface area contributed by atoms with Crippen LogP contribution in [0, 0.1) is 6.92 Å². The summed E-state index contributed by atoms with van der Waals surface area (Å²) >= 11 is 21.9. The zero-order valence-corrected chi connectivity index (χ0v) is 20.1. The summed E-state index contributed by atoms with van der Waals surface area (Å²) in [5.74, 6) is 0.589. The Morgan fingerprint density at radius 2 is 1.73 bits per heavy atom. The zero-order valence-electron chi connectivity index (χ0n) is 16.2. The van der Waals surface area contributed by atoms with E-state index in [1.165, 1.54) is 12.5 Å². The minimum Gasteiger partial charge on any atom is -0.356 e. The fourth-order valence-corrected chi connectivity index (χ4v) is 4.78. The van der Waals surface area contributed by atoms with Gasteiger partial charge in [0.25, 0.3) is 5.91 Å². The molecule has 30 heavy (non-hydrogen) atoms. The molecule has 1 saturated heterocycles. The van der Waals surface area contributed by atoms with Crippen molar-refractivity contribution in [2.24, 2.45) is 0 Å². The van der Waals surface area contributed by atoms with E-state index in [1.54, 1.807) is 6.07 Å². The summed E-state index contributed by atoms with van der Waals surface area (Å²) in [6, 6.07) is 8.86. The van der Waals surface area contributed by atoms with E-state index >= 15 is 0 Å². The topological polar surface area (TPSA) is 45.2 Å². The Hall–Kier alpha value is -1.53. The molecule has 3 aromatic rings. The van der Waals surface area contributed by atoms with Crippen LogP contribution in [0.25, 0.3) is 10.9 Å². The van der Waals surface area contributed by atoms with Crippen LogP contribution in [0.5, 0.6) is 0 Å². The van der Waals surface area contributed by atoms with Crippen LogP contribution in [0.15, 0.2) is 34.8 Å². The first-order chi connectivity index (χ1) is 14.3. The van der Waals surface area contributed by atoms with E-state index in [1.807, 2.05) is 25.1 Å². The number of piperidine rings is 1. The second kappa shape index (κ2) is 8.91. The number of nitrogens with one attached hydrogen (secondary N) is 1. The quantitative estimate of drug-likeness (QED) is 0.359. The predicted octanol–water partition coefficient (Wildman–Crippen LogP) is 7.51. The first kappa shape index (κ1) is 21.7. The molecule has 1 aliphatic heterocycles. The Labute approximate surface area is 198 Å². The highest BCUT2D eigenvalue weighted by Gasteiger charge is 2.23. The molecule has 0 unspecified atom stereocenters. The lowest BCUT2D eigenvalue weighted by molar-refractivity contribution is 0.102. The highest BCUT2D eigenvalue weighted by Crippen LogP contribution is 2.35. The third kappa shape index (κ3) is 4.26. The predicted molar refractivity (Wildman–Crippen MR) is 130 cm³/mol. The molecule has 1 fully saturated rings. The third-order valence-electron chi connectivity index (χ3n) is 5.31. The number of amides is 1. The summed E-state index contributed by atoms with van der Waals surface area (Å²) < 4.78 is 0.878. The van der Waals surface area contributed by atoms with Gasteiger partial charge >= 0.3 is 0 Å². The average molecular weight is 528 g/mol. The number of rotatable bonds is 3. The van der Waals surface area contributed by atoms with Crippen molar-refractivity contribution >= 4 is 79.0 Å². The first-order valence-electron chi connectivity index (χ1n) is 9.66. The molecule has 4 rings (SSSR count). The van der Waals surface area contributed by atoms with Gasteiger partial charge in [0, 0.05) is 28.5 Å². The summed E-state index contributed by atoms with van der Waals surface area (Å²) in [5, 5.41) is 4.66. The van der Waals surface area contributed by atoms with E-state index < -0.39 is 0 Å². The smallest absolute Gasteiger partial charge is 0.256 e. The van der Waals surface area contributed by atoms with Crippen LogP contribution in [0.1, 0.15) is 35.2 Å². The molecule has 0 radical (unpaired) electrons. The van der Waals surface area contributed by atoms with Crippen molar-refractivity contribution in [2.45, 2.75) is 26.2 Å². The standard InChI is InChI=1S/C22H19BrCl3N3O/c1-12-20(22(30)28-19-11-16(25)15(24)10-17(19)26)14-9-13(23)5-6-18(14)27-21(12)29-7-3-2-4-8-29/h5-6,9-11H,2-4,7-8H2,1H3,(H,28,30). The second-order valence-corrected chi connectivity index (χ2v) is 9.48. The molecule has 4 nitrogen and oxygen atoms in total. The van der Waals surface area contributed by atoms with Crippen molar-refractivity contribution in [2.75, 3.05) is 23.3 Å². The number of carbonyl (C=O) groups is 1. The highest BCUT2D eigenvalue weighted by atomic mass is 79.9.